The Morgan fingerprint density at radius 1 is 1.29 bits per heavy atom. The number of rotatable bonds is 6. The highest BCUT2D eigenvalue weighted by atomic mass is 16.1. The van der Waals surface area contributed by atoms with Crippen LogP contribution in [0.3, 0.4) is 0 Å². The van der Waals surface area contributed by atoms with Gasteiger partial charge in [0.05, 0.1) is 12.2 Å². The predicted molar refractivity (Wildman–Crippen MR) is 85.1 cm³/mol. The monoisotopic (exact) mass is 286 g/mol. The van der Waals surface area contributed by atoms with Gasteiger partial charge in [-0.1, -0.05) is 19.9 Å². The van der Waals surface area contributed by atoms with Gasteiger partial charge in [0.2, 0.25) is 5.91 Å². The van der Waals surface area contributed by atoms with Crippen molar-refractivity contribution in [2.75, 3.05) is 10.6 Å². The molecule has 0 saturated carbocycles. The number of anilines is 2. The van der Waals surface area contributed by atoms with Crippen LogP contribution in [0.2, 0.25) is 0 Å². The zero-order valence-corrected chi connectivity index (χ0v) is 12.8. The number of aryl methyl sites for hydroxylation is 1. The normalized spacial score (nSPS) is 10.7. The molecule has 0 atom stereocenters. The fraction of sp³-hybridized carbons (Fsp3) is 0.375. The fourth-order valence-corrected chi connectivity index (χ4v) is 1.98. The lowest BCUT2D eigenvalue weighted by molar-refractivity contribution is -0.118. The van der Waals surface area contributed by atoms with E-state index in [1.54, 1.807) is 6.20 Å². The largest absolute Gasteiger partial charge is 0.379 e. The summed E-state index contributed by atoms with van der Waals surface area (Å²) in [5.41, 5.74) is 2.91. The second kappa shape index (κ2) is 6.92. The highest BCUT2D eigenvalue weighted by Gasteiger charge is 2.07. The van der Waals surface area contributed by atoms with Crippen LogP contribution < -0.4 is 10.6 Å². The number of benzene rings is 1. The summed E-state index contributed by atoms with van der Waals surface area (Å²) >= 11 is 0. The van der Waals surface area contributed by atoms with Gasteiger partial charge in [-0.15, -0.1) is 0 Å². The van der Waals surface area contributed by atoms with Crippen molar-refractivity contribution in [2.24, 2.45) is 5.92 Å². The summed E-state index contributed by atoms with van der Waals surface area (Å²) in [6, 6.07) is 9.74. The van der Waals surface area contributed by atoms with Crippen LogP contribution in [0, 0.1) is 5.92 Å². The van der Waals surface area contributed by atoms with Crippen LogP contribution in [0.15, 0.2) is 36.5 Å². The third-order valence-electron chi connectivity index (χ3n) is 3.23. The first-order chi connectivity index (χ1) is 10.1. The molecular weight excluding hydrogens is 264 g/mol. The minimum absolute atomic E-state index is 0.0243. The van der Waals surface area contributed by atoms with Gasteiger partial charge in [0.25, 0.3) is 0 Å². The van der Waals surface area contributed by atoms with Crippen molar-refractivity contribution in [3.63, 3.8) is 0 Å². The van der Waals surface area contributed by atoms with Crippen LogP contribution >= 0.6 is 0 Å². The number of nitrogens with zero attached hydrogens (tertiary/aromatic N) is 2. The smallest absolute Gasteiger partial charge is 0.226 e. The van der Waals surface area contributed by atoms with Crippen molar-refractivity contribution in [2.45, 2.75) is 33.9 Å². The van der Waals surface area contributed by atoms with Gasteiger partial charge in [0.15, 0.2) is 0 Å². The average molecular weight is 286 g/mol. The Labute approximate surface area is 125 Å². The Kier molecular flexibility index (Phi) is 4.98. The highest BCUT2D eigenvalue weighted by molar-refractivity contribution is 5.92. The van der Waals surface area contributed by atoms with Gasteiger partial charge in [0.1, 0.15) is 0 Å². The lowest BCUT2D eigenvalue weighted by Crippen LogP contribution is -2.17. The molecule has 0 fully saturated rings. The maximum Gasteiger partial charge on any atom is 0.226 e. The van der Waals surface area contributed by atoms with Gasteiger partial charge in [0, 0.05) is 30.0 Å². The quantitative estimate of drug-likeness (QED) is 0.858. The molecule has 2 N–H and O–H groups in total. The summed E-state index contributed by atoms with van der Waals surface area (Å²) in [5, 5.41) is 10.5. The van der Waals surface area contributed by atoms with Crippen molar-refractivity contribution in [1.29, 1.82) is 0 Å². The van der Waals surface area contributed by atoms with E-state index >= 15 is 0 Å². The molecule has 0 bridgehead atoms. The number of hydrogen-bond donors (Lipinski definition) is 2. The molecule has 0 spiro atoms. The second-order valence-corrected chi connectivity index (χ2v) is 5.22. The first-order valence-corrected chi connectivity index (χ1v) is 7.25. The Bertz CT molecular complexity index is 604. The molecule has 0 radical (unpaired) electrons. The van der Waals surface area contributed by atoms with E-state index in [4.69, 9.17) is 0 Å². The molecule has 5 heteroatoms. The fourth-order valence-electron chi connectivity index (χ4n) is 1.98. The van der Waals surface area contributed by atoms with E-state index in [2.05, 4.69) is 22.7 Å². The standard InChI is InChI=1S/C16H22N4O/c1-4-20-15(8-9-18-20)11-17-13-6-5-7-14(10-13)19-16(21)12(2)3/h5-10,12,17H,4,11H2,1-3H3,(H,19,21). The van der Waals surface area contributed by atoms with E-state index in [0.717, 1.165) is 23.6 Å². The first kappa shape index (κ1) is 15.1. The molecule has 1 amide bonds. The molecule has 0 unspecified atom stereocenters. The SMILES string of the molecule is CCn1nccc1CNc1cccc(NC(=O)C(C)C)c1. The Morgan fingerprint density at radius 3 is 2.76 bits per heavy atom. The number of amides is 1. The molecule has 2 rings (SSSR count). The van der Waals surface area contributed by atoms with Crippen LogP contribution in [0.1, 0.15) is 26.5 Å². The van der Waals surface area contributed by atoms with Crippen LogP contribution in [-0.2, 0) is 17.9 Å². The zero-order valence-electron chi connectivity index (χ0n) is 12.8. The van der Waals surface area contributed by atoms with E-state index < -0.39 is 0 Å². The summed E-state index contributed by atoms with van der Waals surface area (Å²) in [7, 11) is 0. The van der Waals surface area contributed by atoms with E-state index in [1.165, 1.54) is 0 Å². The molecule has 0 aliphatic heterocycles. The molecule has 1 heterocycles. The van der Waals surface area contributed by atoms with Crippen molar-refractivity contribution >= 4 is 17.3 Å². The number of carbonyl (C=O) groups excluding carboxylic acids is 1. The topological polar surface area (TPSA) is 59.0 Å². The molecule has 1 aromatic heterocycles. The van der Waals surface area contributed by atoms with E-state index in [9.17, 15) is 4.79 Å². The number of hydrogen-bond acceptors (Lipinski definition) is 3. The van der Waals surface area contributed by atoms with Crippen LogP contribution in [-0.4, -0.2) is 15.7 Å². The Hall–Kier alpha value is -2.30. The van der Waals surface area contributed by atoms with E-state index in [-0.39, 0.29) is 11.8 Å². The molecule has 5 nitrogen and oxygen atoms in total. The molecule has 0 aliphatic rings. The summed E-state index contributed by atoms with van der Waals surface area (Å²) in [4.78, 5) is 11.7. The molecule has 1 aromatic carbocycles. The van der Waals surface area contributed by atoms with Crippen molar-refractivity contribution < 1.29 is 4.79 Å². The number of carbonyl (C=O) groups is 1. The molecular formula is C16H22N4O. The van der Waals surface area contributed by atoms with Gasteiger partial charge >= 0.3 is 0 Å². The molecule has 112 valence electrons. The van der Waals surface area contributed by atoms with Gasteiger partial charge < -0.3 is 10.6 Å². The molecule has 21 heavy (non-hydrogen) atoms. The summed E-state index contributed by atoms with van der Waals surface area (Å²) < 4.78 is 1.96. The van der Waals surface area contributed by atoms with Crippen LogP contribution in [0.4, 0.5) is 11.4 Å². The lowest BCUT2D eigenvalue weighted by Gasteiger charge is -2.11. The average Bonchev–Trinajstić information content (AvgIpc) is 2.93. The van der Waals surface area contributed by atoms with Gasteiger partial charge in [-0.25, -0.2) is 0 Å². The van der Waals surface area contributed by atoms with Crippen LogP contribution in [0.5, 0.6) is 0 Å². The second-order valence-electron chi connectivity index (χ2n) is 5.22. The van der Waals surface area contributed by atoms with E-state index in [0.29, 0.717) is 6.54 Å². The third kappa shape index (κ3) is 4.08. The molecule has 0 saturated heterocycles. The lowest BCUT2D eigenvalue weighted by atomic mass is 10.2. The Balaban J connectivity index is 1.99. The predicted octanol–water partition coefficient (Wildman–Crippen LogP) is 3.11. The third-order valence-corrected chi connectivity index (χ3v) is 3.23. The minimum atomic E-state index is -0.0273. The van der Waals surface area contributed by atoms with Gasteiger partial charge in [-0.2, -0.15) is 5.10 Å². The Morgan fingerprint density at radius 2 is 2.05 bits per heavy atom. The maximum atomic E-state index is 11.7. The summed E-state index contributed by atoms with van der Waals surface area (Å²) in [5.74, 6) is -0.00303. The van der Waals surface area contributed by atoms with Crippen molar-refractivity contribution in [3.8, 4) is 0 Å². The molecule has 0 aliphatic carbocycles. The first-order valence-electron chi connectivity index (χ1n) is 7.25. The highest BCUT2D eigenvalue weighted by Crippen LogP contribution is 2.16. The van der Waals surface area contributed by atoms with Gasteiger partial charge in [-0.05, 0) is 31.2 Å². The maximum absolute atomic E-state index is 11.7. The molecule has 2 aromatic rings. The van der Waals surface area contributed by atoms with Crippen LogP contribution in [0.25, 0.3) is 0 Å². The summed E-state index contributed by atoms with van der Waals surface area (Å²) in [6.45, 7) is 7.38. The van der Waals surface area contributed by atoms with Gasteiger partial charge in [-0.3, -0.25) is 9.48 Å². The van der Waals surface area contributed by atoms with Crippen molar-refractivity contribution in [3.05, 3.63) is 42.2 Å². The zero-order chi connectivity index (χ0) is 15.2. The minimum Gasteiger partial charge on any atom is -0.379 e. The van der Waals surface area contributed by atoms with Crippen molar-refractivity contribution in [1.82, 2.24) is 9.78 Å². The van der Waals surface area contributed by atoms with E-state index in [1.807, 2.05) is 48.9 Å². The summed E-state index contributed by atoms with van der Waals surface area (Å²) in [6.07, 6.45) is 1.81. The number of aromatic nitrogens is 2. The number of nitrogens with one attached hydrogen (secondary N) is 2.